The van der Waals surface area contributed by atoms with E-state index in [1.165, 1.54) is 0 Å². The highest BCUT2D eigenvalue weighted by Gasteiger charge is 2.23. The van der Waals surface area contributed by atoms with Crippen LogP contribution in [0.25, 0.3) is 21.5 Å². The number of hydrogen-bond donors (Lipinski definition) is 1. The third-order valence-corrected chi connectivity index (χ3v) is 5.12. The molecule has 0 aromatic heterocycles. The maximum atomic E-state index is 9.83. The van der Waals surface area contributed by atoms with E-state index in [-0.39, 0.29) is 0 Å². The van der Waals surface area contributed by atoms with Gasteiger partial charge in [-0.3, -0.25) is 0 Å². The molecule has 36 heavy (non-hydrogen) atoms. The Balaban J connectivity index is 0.000000222. The highest BCUT2D eigenvalue weighted by molar-refractivity contribution is 6.18. The fourth-order valence-corrected chi connectivity index (χ4v) is 3.45. The van der Waals surface area contributed by atoms with E-state index in [4.69, 9.17) is 27.8 Å². The van der Waals surface area contributed by atoms with Crippen LogP contribution in [0.5, 0.6) is 11.5 Å². The van der Waals surface area contributed by atoms with Gasteiger partial charge < -0.3 is 14.6 Å². The van der Waals surface area contributed by atoms with Crippen molar-refractivity contribution in [1.82, 2.24) is 0 Å². The molecule has 0 fully saturated rings. The molecule has 0 saturated heterocycles. The van der Waals surface area contributed by atoms with Gasteiger partial charge in [0.05, 0.1) is 32.8 Å². The normalized spacial score (nSPS) is 11.7. The molecular formula is C30H31BN2O3. The Kier molecular flexibility index (Phi) is 10.3. The van der Waals surface area contributed by atoms with E-state index in [0.29, 0.717) is 23.1 Å². The topological polar surface area (TPSA) is 86.3 Å². The Morgan fingerprint density at radius 3 is 1.83 bits per heavy atom. The molecule has 0 amide bonds. The summed E-state index contributed by atoms with van der Waals surface area (Å²) in [6, 6.07) is 26.4. The molecule has 0 spiro atoms. The SMILES string of the molecule is CC(C)C.COc1ccc2cccc(CC#N)c2c1.[B]C(O)(C#N)c1cccc2ccc(OC)cc12. The summed E-state index contributed by atoms with van der Waals surface area (Å²) in [5.74, 6) is 2.31. The minimum atomic E-state index is -1.99. The van der Waals surface area contributed by atoms with Crippen molar-refractivity contribution in [1.29, 1.82) is 10.5 Å². The molecule has 1 atom stereocenters. The quantitative estimate of drug-likeness (QED) is 0.276. The molecule has 5 nitrogen and oxygen atoms in total. The minimum Gasteiger partial charge on any atom is -0.497 e. The Morgan fingerprint density at radius 1 is 0.833 bits per heavy atom. The summed E-state index contributed by atoms with van der Waals surface area (Å²) in [7, 11) is 8.75. The van der Waals surface area contributed by atoms with Crippen molar-refractivity contribution in [3.63, 3.8) is 0 Å². The smallest absolute Gasteiger partial charge is 0.141 e. The van der Waals surface area contributed by atoms with Crippen LogP contribution in [0.1, 0.15) is 31.9 Å². The van der Waals surface area contributed by atoms with Crippen molar-refractivity contribution < 1.29 is 14.6 Å². The van der Waals surface area contributed by atoms with E-state index in [9.17, 15) is 5.11 Å². The summed E-state index contributed by atoms with van der Waals surface area (Å²) in [5.41, 5.74) is -0.573. The number of nitriles is 2. The number of hydrogen-bond acceptors (Lipinski definition) is 5. The summed E-state index contributed by atoms with van der Waals surface area (Å²) < 4.78 is 10.3. The first-order valence-corrected chi connectivity index (χ1v) is 11.6. The van der Waals surface area contributed by atoms with E-state index in [2.05, 4.69) is 26.8 Å². The number of ether oxygens (including phenoxy) is 2. The Morgan fingerprint density at radius 2 is 1.33 bits per heavy atom. The Labute approximate surface area is 214 Å². The molecule has 0 saturated carbocycles. The molecule has 2 radical (unpaired) electrons. The third-order valence-electron chi connectivity index (χ3n) is 5.12. The van der Waals surface area contributed by atoms with Gasteiger partial charge in [0.15, 0.2) is 0 Å². The van der Waals surface area contributed by atoms with Gasteiger partial charge in [-0.25, -0.2) is 0 Å². The van der Waals surface area contributed by atoms with Crippen molar-refractivity contribution in [2.24, 2.45) is 5.92 Å². The summed E-state index contributed by atoms with van der Waals surface area (Å²) >= 11 is 0. The van der Waals surface area contributed by atoms with E-state index in [1.807, 2.05) is 54.6 Å². The fraction of sp³-hybridized carbons (Fsp3) is 0.267. The second-order valence-corrected chi connectivity index (χ2v) is 8.84. The van der Waals surface area contributed by atoms with Gasteiger partial charge in [-0.15, -0.1) is 0 Å². The lowest BCUT2D eigenvalue weighted by Crippen LogP contribution is -2.23. The number of rotatable bonds is 4. The van der Waals surface area contributed by atoms with Crippen LogP contribution in [-0.2, 0) is 11.9 Å². The van der Waals surface area contributed by atoms with Crippen LogP contribution in [0.4, 0.5) is 0 Å². The molecule has 0 heterocycles. The van der Waals surface area contributed by atoms with Crippen LogP contribution < -0.4 is 9.47 Å². The number of methoxy groups -OCH3 is 2. The molecule has 6 heteroatoms. The summed E-state index contributed by atoms with van der Waals surface area (Å²) in [6.45, 7) is 6.50. The molecule has 0 aliphatic heterocycles. The van der Waals surface area contributed by atoms with Crippen LogP contribution in [0, 0.1) is 28.6 Å². The lowest BCUT2D eigenvalue weighted by molar-refractivity contribution is 0.190. The minimum absolute atomic E-state index is 0.372. The lowest BCUT2D eigenvalue weighted by atomic mass is 9.75. The van der Waals surface area contributed by atoms with Gasteiger partial charge in [-0.05, 0) is 62.9 Å². The van der Waals surface area contributed by atoms with Gasteiger partial charge in [-0.2, -0.15) is 10.5 Å². The van der Waals surface area contributed by atoms with Crippen LogP contribution in [0.3, 0.4) is 0 Å². The maximum absolute atomic E-state index is 9.83. The molecule has 4 rings (SSSR count). The van der Waals surface area contributed by atoms with E-state index < -0.39 is 5.50 Å². The van der Waals surface area contributed by atoms with Gasteiger partial charge in [0.2, 0.25) is 0 Å². The number of aliphatic hydroxyl groups is 1. The average Bonchev–Trinajstić information content (AvgIpc) is 2.88. The van der Waals surface area contributed by atoms with Crippen molar-refractivity contribution in [2.75, 3.05) is 14.2 Å². The third kappa shape index (κ3) is 7.50. The van der Waals surface area contributed by atoms with Crippen LogP contribution in [0.15, 0.2) is 72.8 Å². The second-order valence-electron chi connectivity index (χ2n) is 8.84. The van der Waals surface area contributed by atoms with Gasteiger partial charge >= 0.3 is 0 Å². The van der Waals surface area contributed by atoms with Gasteiger partial charge in [-0.1, -0.05) is 69.3 Å². The molecule has 4 aromatic carbocycles. The molecule has 1 N–H and O–H groups in total. The van der Waals surface area contributed by atoms with Crippen molar-refractivity contribution >= 4 is 29.4 Å². The zero-order chi connectivity index (χ0) is 26.7. The second kappa shape index (κ2) is 13.2. The van der Waals surface area contributed by atoms with Gasteiger partial charge in [0.1, 0.15) is 24.8 Å². The van der Waals surface area contributed by atoms with Crippen molar-refractivity contribution in [3.8, 4) is 23.6 Å². The highest BCUT2D eigenvalue weighted by Crippen LogP contribution is 2.29. The largest absolute Gasteiger partial charge is 0.497 e. The Bertz CT molecular complexity index is 1380. The number of fused-ring (bicyclic) bond motifs is 2. The molecule has 0 bridgehead atoms. The molecule has 1 unspecified atom stereocenters. The van der Waals surface area contributed by atoms with Crippen molar-refractivity contribution in [3.05, 3.63) is 83.9 Å². The average molecular weight is 478 g/mol. The summed E-state index contributed by atoms with van der Waals surface area (Å²) in [5, 5.41) is 31.3. The zero-order valence-electron chi connectivity index (χ0n) is 21.4. The molecule has 0 aliphatic carbocycles. The lowest BCUT2D eigenvalue weighted by Gasteiger charge is -2.18. The predicted octanol–water partition coefficient (Wildman–Crippen LogP) is 6.26. The number of nitrogens with zero attached hydrogens (tertiary/aromatic N) is 2. The Hall–Kier alpha value is -4.00. The summed E-state index contributed by atoms with van der Waals surface area (Å²) in [6.07, 6.45) is 0.435. The van der Waals surface area contributed by atoms with Crippen LogP contribution >= 0.6 is 0 Å². The van der Waals surface area contributed by atoms with E-state index in [0.717, 1.165) is 33.4 Å². The van der Waals surface area contributed by atoms with E-state index >= 15 is 0 Å². The zero-order valence-corrected chi connectivity index (χ0v) is 21.4. The first kappa shape index (κ1) is 28.2. The molecule has 0 aliphatic rings. The number of benzene rings is 4. The van der Waals surface area contributed by atoms with Gasteiger partial charge in [0.25, 0.3) is 0 Å². The first-order chi connectivity index (χ1) is 17.2. The highest BCUT2D eigenvalue weighted by atomic mass is 16.5. The van der Waals surface area contributed by atoms with Crippen molar-refractivity contribution in [2.45, 2.75) is 32.7 Å². The monoisotopic (exact) mass is 478 g/mol. The molecule has 182 valence electrons. The van der Waals surface area contributed by atoms with E-state index in [1.54, 1.807) is 38.5 Å². The van der Waals surface area contributed by atoms with Gasteiger partial charge in [0, 0.05) is 0 Å². The molecule has 4 aromatic rings. The standard InChI is InChI=1S/C13H10BNO2.C13H11NO.C4H10/c1-17-10-6-5-9-3-2-4-12(11(9)7-10)13(14,16)8-15;1-15-12-6-5-10-3-2-4-11(7-8-14)13(10)9-12;1-4(2)3/h2-7,16H,1H3;2-6,9H,7H2,1H3;4H,1-3H3. The molecular weight excluding hydrogens is 447 g/mol. The van der Waals surface area contributed by atoms with Crippen LogP contribution in [-0.4, -0.2) is 27.2 Å². The van der Waals surface area contributed by atoms with Crippen LogP contribution in [0.2, 0.25) is 0 Å². The first-order valence-electron chi connectivity index (χ1n) is 11.6. The fourth-order valence-electron chi connectivity index (χ4n) is 3.45. The maximum Gasteiger partial charge on any atom is 0.141 e. The predicted molar refractivity (Wildman–Crippen MR) is 146 cm³/mol. The summed E-state index contributed by atoms with van der Waals surface area (Å²) in [4.78, 5) is 0.